The highest BCUT2D eigenvalue weighted by atomic mass is 16.5. The van der Waals surface area contributed by atoms with Crippen LogP contribution >= 0.6 is 0 Å². The molecule has 0 amide bonds. The minimum absolute atomic E-state index is 0.363. The standard InChI is InChI=1S/C22H35N3O4/c1-23-22(24-8-4-10-29-19-6-11-28-12-7-19)25-9-5-17(16-25)18-13-20(26-2)15-21(14-18)27-3/h13-15,17,19H,4-12,16H2,1-3H3,(H,23,24). The van der Waals surface area contributed by atoms with Gasteiger partial charge in [0.2, 0.25) is 0 Å². The molecule has 0 saturated carbocycles. The smallest absolute Gasteiger partial charge is 0.193 e. The van der Waals surface area contributed by atoms with Gasteiger partial charge in [0.1, 0.15) is 11.5 Å². The summed E-state index contributed by atoms with van der Waals surface area (Å²) in [4.78, 5) is 6.81. The largest absolute Gasteiger partial charge is 0.497 e. The lowest BCUT2D eigenvalue weighted by atomic mass is 9.98. The zero-order valence-corrected chi connectivity index (χ0v) is 18.0. The van der Waals surface area contributed by atoms with E-state index in [1.54, 1.807) is 14.2 Å². The van der Waals surface area contributed by atoms with Crippen molar-refractivity contribution in [2.75, 3.05) is 60.7 Å². The molecule has 3 rings (SSSR count). The molecule has 2 aliphatic heterocycles. The molecule has 0 bridgehead atoms. The number of rotatable bonds is 8. The molecule has 0 radical (unpaired) electrons. The third-order valence-corrected chi connectivity index (χ3v) is 5.67. The van der Waals surface area contributed by atoms with Gasteiger partial charge in [-0.3, -0.25) is 4.99 Å². The number of benzene rings is 1. The predicted octanol–water partition coefficient (Wildman–Crippen LogP) is 2.65. The maximum Gasteiger partial charge on any atom is 0.193 e. The second-order valence-corrected chi connectivity index (χ2v) is 7.59. The SMILES string of the molecule is CN=C(NCCCOC1CCOCC1)N1CCC(c2cc(OC)cc(OC)c2)C1. The molecule has 2 saturated heterocycles. The van der Waals surface area contributed by atoms with E-state index in [4.69, 9.17) is 18.9 Å². The Balaban J connectivity index is 1.44. The first kappa shape index (κ1) is 21.7. The van der Waals surface area contributed by atoms with Crippen LogP contribution in [0.5, 0.6) is 11.5 Å². The van der Waals surface area contributed by atoms with Crippen molar-refractivity contribution in [2.45, 2.75) is 37.7 Å². The highest BCUT2D eigenvalue weighted by molar-refractivity contribution is 5.80. The van der Waals surface area contributed by atoms with Crippen LogP contribution in [-0.4, -0.2) is 77.7 Å². The molecule has 1 aromatic rings. The van der Waals surface area contributed by atoms with Crippen LogP contribution in [0, 0.1) is 0 Å². The summed E-state index contributed by atoms with van der Waals surface area (Å²) in [6.07, 6.45) is 4.45. The molecule has 0 aliphatic carbocycles. The van der Waals surface area contributed by atoms with Crippen LogP contribution in [0.25, 0.3) is 0 Å². The number of nitrogens with one attached hydrogen (secondary N) is 1. The second-order valence-electron chi connectivity index (χ2n) is 7.59. The van der Waals surface area contributed by atoms with Crippen LogP contribution in [0.15, 0.2) is 23.2 Å². The number of guanidine groups is 1. The fourth-order valence-electron chi connectivity index (χ4n) is 3.99. The summed E-state index contributed by atoms with van der Waals surface area (Å²) in [6, 6.07) is 6.14. The summed E-state index contributed by atoms with van der Waals surface area (Å²) in [5.74, 6) is 3.08. The number of aliphatic imine (C=N–C) groups is 1. The van der Waals surface area contributed by atoms with E-state index in [9.17, 15) is 0 Å². The van der Waals surface area contributed by atoms with Crippen molar-refractivity contribution in [1.82, 2.24) is 10.2 Å². The van der Waals surface area contributed by atoms with Gasteiger partial charge in [-0.05, 0) is 43.4 Å². The normalized spacial score (nSPS) is 20.7. The molecule has 1 unspecified atom stereocenters. The molecule has 2 aliphatic rings. The number of ether oxygens (including phenoxy) is 4. The molecule has 29 heavy (non-hydrogen) atoms. The van der Waals surface area contributed by atoms with Crippen molar-refractivity contribution >= 4 is 5.96 Å². The van der Waals surface area contributed by atoms with Gasteiger partial charge in [0.15, 0.2) is 5.96 Å². The average molecular weight is 406 g/mol. The Labute approximate surface area is 174 Å². The van der Waals surface area contributed by atoms with Crippen molar-refractivity contribution in [2.24, 2.45) is 4.99 Å². The Bertz CT molecular complexity index is 639. The van der Waals surface area contributed by atoms with Crippen LogP contribution < -0.4 is 14.8 Å². The topological polar surface area (TPSA) is 64.6 Å². The summed E-state index contributed by atoms with van der Waals surface area (Å²) in [6.45, 7) is 5.22. The lowest BCUT2D eigenvalue weighted by Gasteiger charge is -2.23. The highest BCUT2D eigenvalue weighted by Gasteiger charge is 2.26. The summed E-state index contributed by atoms with van der Waals surface area (Å²) < 4.78 is 22.2. The van der Waals surface area contributed by atoms with E-state index in [0.29, 0.717) is 12.0 Å². The molecule has 0 aromatic heterocycles. The maximum absolute atomic E-state index is 5.95. The van der Waals surface area contributed by atoms with Gasteiger partial charge in [-0.1, -0.05) is 0 Å². The number of likely N-dealkylation sites (tertiary alicyclic amines) is 1. The van der Waals surface area contributed by atoms with Crippen LogP contribution in [0.2, 0.25) is 0 Å². The molecule has 1 atom stereocenters. The van der Waals surface area contributed by atoms with Gasteiger partial charge >= 0.3 is 0 Å². The van der Waals surface area contributed by atoms with Crippen molar-refractivity contribution < 1.29 is 18.9 Å². The Hall–Kier alpha value is -1.99. The lowest BCUT2D eigenvalue weighted by Crippen LogP contribution is -2.40. The van der Waals surface area contributed by atoms with E-state index in [1.807, 2.05) is 13.1 Å². The lowest BCUT2D eigenvalue weighted by molar-refractivity contribution is -0.0320. The van der Waals surface area contributed by atoms with Crippen molar-refractivity contribution in [1.29, 1.82) is 0 Å². The first-order valence-corrected chi connectivity index (χ1v) is 10.6. The first-order chi connectivity index (χ1) is 14.2. The third kappa shape index (κ3) is 6.24. The molecule has 7 heteroatoms. The van der Waals surface area contributed by atoms with E-state index >= 15 is 0 Å². The van der Waals surface area contributed by atoms with E-state index in [2.05, 4.69) is 27.3 Å². The summed E-state index contributed by atoms with van der Waals surface area (Å²) in [5.41, 5.74) is 1.25. The van der Waals surface area contributed by atoms with E-state index in [-0.39, 0.29) is 0 Å². The van der Waals surface area contributed by atoms with Crippen LogP contribution in [0.3, 0.4) is 0 Å². The number of nitrogens with zero attached hydrogens (tertiary/aromatic N) is 2. The monoisotopic (exact) mass is 405 g/mol. The minimum atomic E-state index is 0.363. The van der Waals surface area contributed by atoms with Gasteiger partial charge in [-0.25, -0.2) is 0 Å². The summed E-state index contributed by atoms with van der Waals surface area (Å²) in [7, 11) is 5.23. The number of hydrogen-bond donors (Lipinski definition) is 1. The first-order valence-electron chi connectivity index (χ1n) is 10.6. The highest BCUT2D eigenvalue weighted by Crippen LogP contribution is 2.32. The van der Waals surface area contributed by atoms with Crippen LogP contribution in [0.1, 0.15) is 37.2 Å². The van der Waals surface area contributed by atoms with Gasteiger partial charge in [0, 0.05) is 58.5 Å². The number of methoxy groups -OCH3 is 2. The fraction of sp³-hybridized carbons (Fsp3) is 0.682. The molecular formula is C22H35N3O4. The van der Waals surface area contributed by atoms with Gasteiger partial charge < -0.3 is 29.2 Å². The molecule has 2 fully saturated rings. The van der Waals surface area contributed by atoms with E-state index in [1.165, 1.54) is 5.56 Å². The van der Waals surface area contributed by atoms with Crippen LogP contribution in [-0.2, 0) is 9.47 Å². The van der Waals surface area contributed by atoms with Gasteiger partial charge in [-0.15, -0.1) is 0 Å². The van der Waals surface area contributed by atoms with Crippen molar-refractivity contribution in [3.8, 4) is 11.5 Å². The van der Waals surface area contributed by atoms with Crippen molar-refractivity contribution in [3.63, 3.8) is 0 Å². The quantitative estimate of drug-likeness (QED) is 0.408. The van der Waals surface area contributed by atoms with Crippen molar-refractivity contribution in [3.05, 3.63) is 23.8 Å². The minimum Gasteiger partial charge on any atom is -0.497 e. The maximum atomic E-state index is 5.95. The molecule has 0 spiro atoms. The van der Waals surface area contributed by atoms with Gasteiger partial charge in [-0.2, -0.15) is 0 Å². The predicted molar refractivity (Wildman–Crippen MR) is 114 cm³/mol. The van der Waals surface area contributed by atoms with Gasteiger partial charge in [0.25, 0.3) is 0 Å². The molecule has 1 aromatic carbocycles. The Morgan fingerprint density at radius 1 is 1.14 bits per heavy atom. The molecular weight excluding hydrogens is 370 g/mol. The Kier molecular flexibility index (Phi) is 8.43. The third-order valence-electron chi connectivity index (χ3n) is 5.67. The number of hydrogen-bond acceptors (Lipinski definition) is 5. The Morgan fingerprint density at radius 3 is 2.52 bits per heavy atom. The Morgan fingerprint density at radius 2 is 1.86 bits per heavy atom. The molecule has 1 N–H and O–H groups in total. The fourth-order valence-corrected chi connectivity index (χ4v) is 3.99. The van der Waals surface area contributed by atoms with Crippen LogP contribution in [0.4, 0.5) is 0 Å². The summed E-state index contributed by atoms with van der Waals surface area (Å²) in [5, 5.41) is 3.49. The van der Waals surface area contributed by atoms with Gasteiger partial charge in [0.05, 0.1) is 20.3 Å². The van der Waals surface area contributed by atoms with E-state index in [0.717, 1.165) is 82.6 Å². The molecule has 162 valence electrons. The zero-order valence-electron chi connectivity index (χ0n) is 18.0. The zero-order chi connectivity index (χ0) is 20.5. The summed E-state index contributed by atoms with van der Waals surface area (Å²) >= 11 is 0. The average Bonchev–Trinajstić information content (AvgIpc) is 3.26. The molecule has 7 nitrogen and oxygen atoms in total. The molecule has 2 heterocycles. The van der Waals surface area contributed by atoms with E-state index < -0.39 is 0 Å². The second kappa shape index (κ2) is 11.3.